The first-order chi connectivity index (χ1) is 8.31. The second-order valence-electron chi connectivity index (χ2n) is 4.58. The first-order valence-electron chi connectivity index (χ1n) is 5.66. The third-order valence-corrected chi connectivity index (χ3v) is 2.73. The lowest BCUT2D eigenvalue weighted by atomic mass is 9.91. The second-order valence-corrected chi connectivity index (χ2v) is 4.58. The number of hydrogen-bond donors (Lipinski definition) is 2. The van der Waals surface area contributed by atoms with Gasteiger partial charge in [-0.05, 0) is 38.5 Å². The summed E-state index contributed by atoms with van der Waals surface area (Å²) in [6.45, 7) is 5.18. The molecule has 18 heavy (non-hydrogen) atoms. The van der Waals surface area contributed by atoms with Crippen LogP contribution in [-0.2, 0) is 10.3 Å². The fraction of sp³-hybridized carbons (Fsp3) is 0.462. The molecule has 4 nitrogen and oxygen atoms in total. The summed E-state index contributed by atoms with van der Waals surface area (Å²) in [5.41, 5.74) is -0.983. The van der Waals surface area contributed by atoms with Crippen molar-refractivity contribution in [2.24, 2.45) is 0 Å². The highest BCUT2D eigenvalue weighted by atomic mass is 19.1. The smallest absolute Gasteiger partial charge is 0.328 e. The first kappa shape index (κ1) is 14.4. The molecule has 1 aromatic rings. The lowest BCUT2D eigenvalue weighted by Crippen LogP contribution is -2.49. The van der Waals surface area contributed by atoms with Crippen LogP contribution in [0.25, 0.3) is 0 Å². The SMILES string of the molecule is COc1ccc(C(C)(NC(C)C)C(=O)O)cc1F. The van der Waals surface area contributed by atoms with Crippen LogP contribution in [-0.4, -0.2) is 24.2 Å². The quantitative estimate of drug-likeness (QED) is 0.846. The van der Waals surface area contributed by atoms with Crippen molar-refractivity contribution in [2.45, 2.75) is 32.4 Å². The van der Waals surface area contributed by atoms with E-state index in [4.69, 9.17) is 4.74 Å². The van der Waals surface area contributed by atoms with Crippen molar-refractivity contribution in [2.75, 3.05) is 7.11 Å². The van der Waals surface area contributed by atoms with E-state index in [9.17, 15) is 14.3 Å². The van der Waals surface area contributed by atoms with Gasteiger partial charge in [0.25, 0.3) is 0 Å². The molecule has 0 aliphatic carbocycles. The zero-order chi connectivity index (χ0) is 13.9. The molecule has 1 aromatic carbocycles. The highest BCUT2D eigenvalue weighted by Gasteiger charge is 2.36. The predicted molar refractivity (Wildman–Crippen MR) is 66.2 cm³/mol. The maximum absolute atomic E-state index is 13.6. The summed E-state index contributed by atoms with van der Waals surface area (Å²) in [4.78, 5) is 11.4. The topological polar surface area (TPSA) is 58.6 Å². The van der Waals surface area contributed by atoms with Gasteiger partial charge in [0, 0.05) is 6.04 Å². The molecular weight excluding hydrogens is 237 g/mol. The van der Waals surface area contributed by atoms with Crippen LogP contribution in [0.2, 0.25) is 0 Å². The Morgan fingerprint density at radius 3 is 2.50 bits per heavy atom. The summed E-state index contributed by atoms with van der Waals surface area (Å²) in [6.07, 6.45) is 0. The normalized spacial score (nSPS) is 14.3. The third-order valence-electron chi connectivity index (χ3n) is 2.73. The van der Waals surface area contributed by atoms with Crippen molar-refractivity contribution in [1.82, 2.24) is 5.32 Å². The van der Waals surface area contributed by atoms with Crippen molar-refractivity contribution in [3.63, 3.8) is 0 Å². The summed E-state index contributed by atoms with van der Waals surface area (Å²) >= 11 is 0. The Morgan fingerprint density at radius 2 is 2.11 bits per heavy atom. The summed E-state index contributed by atoms with van der Waals surface area (Å²) in [7, 11) is 1.36. The fourth-order valence-corrected chi connectivity index (χ4v) is 1.82. The largest absolute Gasteiger partial charge is 0.494 e. The van der Waals surface area contributed by atoms with Crippen LogP contribution >= 0.6 is 0 Å². The van der Waals surface area contributed by atoms with E-state index in [0.29, 0.717) is 5.56 Å². The number of benzene rings is 1. The maximum Gasteiger partial charge on any atom is 0.328 e. The van der Waals surface area contributed by atoms with Crippen LogP contribution in [0.15, 0.2) is 18.2 Å². The van der Waals surface area contributed by atoms with Crippen LogP contribution in [0.3, 0.4) is 0 Å². The molecule has 0 radical (unpaired) electrons. The summed E-state index contributed by atoms with van der Waals surface area (Å²) in [5, 5.41) is 12.3. The van der Waals surface area contributed by atoms with Crippen LogP contribution < -0.4 is 10.1 Å². The minimum absolute atomic E-state index is 0.0451. The first-order valence-corrected chi connectivity index (χ1v) is 5.66. The van der Waals surface area contributed by atoms with E-state index in [1.165, 1.54) is 26.2 Å². The number of halogens is 1. The van der Waals surface area contributed by atoms with Gasteiger partial charge in [-0.3, -0.25) is 5.32 Å². The van der Waals surface area contributed by atoms with Gasteiger partial charge < -0.3 is 9.84 Å². The Bertz CT molecular complexity index is 448. The average Bonchev–Trinajstić information content (AvgIpc) is 2.27. The van der Waals surface area contributed by atoms with Crippen molar-refractivity contribution < 1.29 is 19.0 Å². The predicted octanol–water partition coefficient (Wildman–Crippen LogP) is 2.13. The van der Waals surface area contributed by atoms with Gasteiger partial charge in [-0.25, -0.2) is 9.18 Å². The van der Waals surface area contributed by atoms with E-state index in [0.717, 1.165) is 0 Å². The monoisotopic (exact) mass is 255 g/mol. The molecule has 0 saturated heterocycles. The van der Waals surface area contributed by atoms with Gasteiger partial charge in [-0.2, -0.15) is 0 Å². The number of ether oxygens (including phenoxy) is 1. The van der Waals surface area contributed by atoms with Gasteiger partial charge in [0.15, 0.2) is 11.6 Å². The molecule has 1 rings (SSSR count). The molecule has 0 heterocycles. The van der Waals surface area contributed by atoms with Crippen molar-refractivity contribution >= 4 is 5.97 Å². The van der Waals surface area contributed by atoms with Gasteiger partial charge in [0.2, 0.25) is 0 Å². The van der Waals surface area contributed by atoms with Crippen LogP contribution in [0, 0.1) is 5.82 Å². The molecule has 0 aliphatic heterocycles. The maximum atomic E-state index is 13.6. The lowest BCUT2D eigenvalue weighted by molar-refractivity contribution is -0.144. The van der Waals surface area contributed by atoms with Gasteiger partial charge in [0.1, 0.15) is 5.54 Å². The van der Waals surface area contributed by atoms with E-state index >= 15 is 0 Å². The molecule has 1 atom stereocenters. The molecule has 0 spiro atoms. The number of hydrogen-bond acceptors (Lipinski definition) is 3. The summed E-state index contributed by atoms with van der Waals surface area (Å²) in [5.74, 6) is -1.54. The Balaban J connectivity index is 3.22. The Morgan fingerprint density at radius 1 is 1.50 bits per heavy atom. The van der Waals surface area contributed by atoms with Crippen LogP contribution in [0.4, 0.5) is 4.39 Å². The zero-order valence-corrected chi connectivity index (χ0v) is 11.0. The van der Waals surface area contributed by atoms with Gasteiger partial charge in [0.05, 0.1) is 7.11 Å². The average molecular weight is 255 g/mol. The molecule has 0 saturated carbocycles. The van der Waals surface area contributed by atoms with Crippen LogP contribution in [0.1, 0.15) is 26.3 Å². The fourth-order valence-electron chi connectivity index (χ4n) is 1.82. The standard InChI is InChI=1S/C13H18FNO3/c1-8(2)15-13(3,12(16)17)9-5-6-11(18-4)10(14)7-9/h5-8,15H,1-4H3,(H,16,17). The molecule has 0 fully saturated rings. The van der Waals surface area contributed by atoms with Crippen molar-refractivity contribution in [3.05, 3.63) is 29.6 Å². The number of methoxy groups -OCH3 is 1. The van der Waals surface area contributed by atoms with E-state index in [2.05, 4.69) is 5.32 Å². The molecule has 1 unspecified atom stereocenters. The number of nitrogens with one attached hydrogen (secondary N) is 1. The van der Waals surface area contributed by atoms with Gasteiger partial charge in [-0.1, -0.05) is 6.07 Å². The Hall–Kier alpha value is -1.62. The second kappa shape index (κ2) is 5.35. The number of aliphatic carboxylic acids is 1. The zero-order valence-electron chi connectivity index (χ0n) is 11.0. The summed E-state index contributed by atoms with van der Waals surface area (Å²) < 4.78 is 18.4. The number of carboxylic acids is 1. The molecule has 2 N–H and O–H groups in total. The Kier molecular flexibility index (Phi) is 4.29. The van der Waals surface area contributed by atoms with E-state index in [1.807, 2.05) is 13.8 Å². The van der Waals surface area contributed by atoms with Gasteiger partial charge >= 0.3 is 5.97 Å². The highest BCUT2D eigenvalue weighted by Crippen LogP contribution is 2.26. The number of carbonyl (C=O) groups is 1. The van der Waals surface area contributed by atoms with Gasteiger partial charge in [-0.15, -0.1) is 0 Å². The Labute approximate surface area is 106 Å². The molecule has 0 aromatic heterocycles. The third kappa shape index (κ3) is 2.79. The summed E-state index contributed by atoms with van der Waals surface area (Å²) in [6, 6.07) is 4.11. The number of carboxylic acid groups (broad SMARTS) is 1. The minimum Gasteiger partial charge on any atom is -0.494 e. The minimum atomic E-state index is -1.33. The number of rotatable bonds is 5. The molecular formula is C13H18FNO3. The lowest BCUT2D eigenvalue weighted by Gasteiger charge is -2.29. The van der Waals surface area contributed by atoms with E-state index in [1.54, 1.807) is 6.07 Å². The highest BCUT2D eigenvalue weighted by molar-refractivity contribution is 5.80. The van der Waals surface area contributed by atoms with Crippen molar-refractivity contribution in [3.8, 4) is 5.75 Å². The van der Waals surface area contributed by atoms with E-state index < -0.39 is 17.3 Å². The molecule has 5 heteroatoms. The molecule has 0 amide bonds. The molecule has 0 aliphatic rings. The van der Waals surface area contributed by atoms with Crippen LogP contribution in [0.5, 0.6) is 5.75 Å². The van der Waals surface area contributed by atoms with Crippen molar-refractivity contribution in [1.29, 1.82) is 0 Å². The molecule has 0 bridgehead atoms. The molecule has 100 valence electrons. The van der Waals surface area contributed by atoms with E-state index in [-0.39, 0.29) is 11.8 Å².